The van der Waals surface area contributed by atoms with Crippen LogP contribution in [0.15, 0.2) is 24.3 Å². The number of rotatable bonds is 7. The van der Waals surface area contributed by atoms with Crippen molar-refractivity contribution in [2.75, 3.05) is 23.6 Å². The average Bonchev–Trinajstić information content (AvgIpc) is 2.48. The highest BCUT2D eigenvalue weighted by Crippen LogP contribution is 2.17. The molecular formula is C16H26ClN3O4S. The fourth-order valence-corrected chi connectivity index (χ4v) is 3.50. The van der Waals surface area contributed by atoms with Gasteiger partial charge in [0.1, 0.15) is 11.5 Å². The minimum Gasteiger partial charge on any atom is -0.491 e. The molecule has 0 unspecified atom stereocenters. The lowest BCUT2D eigenvalue weighted by Gasteiger charge is -2.23. The maximum atomic E-state index is 12.1. The van der Waals surface area contributed by atoms with E-state index >= 15 is 0 Å². The van der Waals surface area contributed by atoms with E-state index in [0.29, 0.717) is 18.0 Å². The van der Waals surface area contributed by atoms with Crippen molar-refractivity contribution in [3.8, 4) is 5.75 Å². The number of hydrogen-bond donors (Lipinski definition) is 3. The van der Waals surface area contributed by atoms with E-state index in [1.165, 1.54) is 0 Å². The molecule has 1 aliphatic rings. The van der Waals surface area contributed by atoms with Crippen molar-refractivity contribution in [1.29, 1.82) is 0 Å². The summed E-state index contributed by atoms with van der Waals surface area (Å²) in [6.45, 7) is 5.44. The number of sulfonamides is 1. The van der Waals surface area contributed by atoms with Crippen LogP contribution in [0.3, 0.4) is 0 Å². The van der Waals surface area contributed by atoms with Gasteiger partial charge in [-0.05, 0) is 57.5 Å². The Morgan fingerprint density at radius 3 is 2.56 bits per heavy atom. The Morgan fingerprint density at radius 2 is 2.00 bits per heavy atom. The Bertz CT molecular complexity index is 644. The molecule has 0 spiro atoms. The molecule has 25 heavy (non-hydrogen) atoms. The summed E-state index contributed by atoms with van der Waals surface area (Å²) in [5.74, 6) is -0.417. The SMILES string of the molecule is CC(C)Oc1ccc(NS(=O)(=O)CC(=O)N[C@H]2CCCNC2)cc1.Cl. The van der Waals surface area contributed by atoms with Crippen LogP contribution in [-0.2, 0) is 14.8 Å². The van der Waals surface area contributed by atoms with Gasteiger partial charge in [0.15, 0.2) is 0 Å². The number of carbonyl (C=O) groups excluding carboxylic acids is 1. The molecule has 0 aliphatic carbocycles. The van der Waals surface area contributed by atoms with Crippen molar-refractivity contribution in [1.82, 2.24) is 10.6 Å². The van der Waals surface area contributed by atoms with Crippen LogP contribution < -0.4 is 20.1 Å². The fraction of sp³-hybridized carbons (Fsp3) is 0.562. The standard InChI is InChI=1S/C16H25N3O4S.ClH/c1-12(2)23-15-7-5-13(6-8-15)19-24(21,22)11-16(20)18-14-4-3-9-17-10-14;/h5-8,12,14,17,19H,3-4,9-11H2,1-2H3,(H,18,20);1H/t14-;/m0./s1. The van der Waals surface area contributed by atoms with Crippen LogP contribution in [-0.4, -0.2) is 45.3 Å². The number of anilines is 1. The molecule has 1 aromatic carbocycles. The molecule has 1 atom stereocenters. The zero-order valence-corrected chi connectivity index (χ0v) is 16.1. The highest BCUT2D eigenvalue weighted by molar-refractivity contribution is 7.93. The van der Waals surface area contributed by atoms with E-state index < -0.39 is 21.7 Å². The molecule has 1 heterocycles. The van der Waals surface area contributed by atoms with Gasteiger partial charge >= 0.3 is 0 Å². The first kappa shape index (κ1) is 21.5. The summed E-state index contributed by atoms with van der Waals surface area (Å²) in [4.78, 5) is 11.9. The van der Waals surface area contributed by atoms with Gasteiger partial charge in [0, 0.05) is 18.3 Å². The highest BCUT2D eigenvalue weighted by Gasteiger charge is 2.20. The van der Waals surface area contributed by atoms with Gasteiger partial charge in [0.25, 0.3) is 0 Å². The largest absolute Gasteiger partial charge is 0.491 e. The zero-order chi connectivity index (χ0) is 17.6. The van der Waals surface area contributed by atoms with Crippen LogP contribution in [0.25, 0.3) is 0 Å². The van der Waals surface area contributed by atoms with Crippen molar-refractivity contribution in [3.05, 3.63) is 24.3 Å². The molecule has 0 radical (unpaired) electrons. The Morgan fingerprint density at radius 1 is 1.32 bits per heavy atom. The second-order valence-corrected chi connectivity index (χ2v) is 7.89. The minimum atomic E-state index is -3.74. The molecule has 0 aromatic heterocycles. The van der Waals surface area contributed by atoms with Crippen molar-refractivity contribution < 1.29 is 17.9 Å². The molecule has 1 saturated heterocycles. The van der Waals surface area contributed by atoms with Crippen molar-refractivity contribution in [3.63, 3.8) is 0 Å². The van der Waals surface area contributed by atoms with Gasteiger partial charge < -0.3 is 15.4 Å². The first-order chi connectivity index (χ1) is 11.3. The number of nitrogens with one attached hydrogen (secondary N) is 3. The van der Waals surface area contributed by atoms with E-state index in [1.807, 2.05) is 13.8 Å². The maximum absolute atomic E-state index is 12.1. The van der Waals surface area contributed by atoms with Gasteiger partial charge in [-0.15, -0.1) is 12.4 Å². The predicted molar refractivity (Wildman–Crippen MR) is 101 cm³/mol. The van der Waals surface area contributed by atoms with Crippen molar-refractivity contribution in [2.45, 2.75) is 38.8 Å². The Balaban J connectivity index is 0.00000312. The molecule has 1 amide bonds. The molecule has 3 N–H and O–H groups in total. The summed E-state index contributed by atoms with van der Waals surface area (Å²) < 4.78 is 32.1. The van der Waals surface area contributed by atoms with Crippen LogP contribution in [0.5, 0.6) is 5.75 Å². The third kappa shape index (κ3) is 7.94. The lowest BCUT2D eigenvalue weighted by atomic mass is 10.1. The summed E-state index contributed by atoms with van der Waals surface area (Å²) in [7, 11) is -3.74. The number of amides is 1. The molecule has 7 nitrogen and oxygen atoms in total. The topological polar surface area (TPSA) is 96.5 Å². The van der Waals surface area contributed by atoms with Gasteiger partial charge in [0.2, 0.25) is 15.9 Å². The monoisotopic (exact) mass is 391 g/mol. The van der Waals surface area contributed by atoms with Crippen molar-refractivity contribution >= 4 is 34.0 Å². The summed E-state index contributed by atoms with van der Waals surface area (Å²) >= 11 is 0. The van der Waals surface area contributed by atoms with Crippen molar-refractivity contribution in [2.24, 2.45) is 0 Å². The normalized spacial score (nSPS) is 17.5. The minimum absolute atomic E-state index is 0. The van der Waals surface area contributed by atoms with E-state index in [1.54, 1.807) is 24.3 Å². The number of piperidine rings is 1. The highest BCUT2D eigenvalue weighted by atomic mass is 35.5. The second-order valence-electron chi connectivity index (χ2n) is 6.16. The van der Waals surface area contributed by atoms with Crippen LogP contribution in [0.1, 0.15) is 26.7 Å². The van der Waals surface area contributed by atoms with E-state index in [-0.39, 0.29) is 24.6 Å². The maximum Gasteiger partial charge on any atom is 0.241 e. The lowest BCUT2D eigenvalue weighted by Crippen LogP contribution is -2.47. The number of ether oxygens (including phenoxy) is 1. The predicted octanol–water partition coefficient (Wildman–Crippen LogP) is 1.51. The van der Waals surface area contributed by atoms with Gasteiger partial charge in [-0.3, -0.25) is 9.52 Å². The first-order valence-electron chi connectivity index (χ1n) is 8.11. The zero-order valence-electron chi connectivity index (χ0n) is 14.4. The average molecular weight is 392 g/mol. The summed E-state index contributed by atoms with van der Waals surface area (Å²) in [5.41, 5.74) is 0.401. The summed E-state index contributed by atoms with van der Waals surface area (Å²) in [6.07, 6.45) is 1.88. The molecule has 2 rings (SSSR count). The van der Waals surface area contributed by atoms with Gasteiger partial charge in [-0.1, -0.05) is 0 Å². The Labute approximate surface area is 155 Å². The van der Waals surface area contributed by atoms with Crippen LogP contribution in [0.4, 0.5) is 5.69 Å². The molecule has 1 aromatic rings. The Hall–Kier alpha value is -1.51. The van der Waals surface area contributed by atoms with E-state index in [9.17, 15) is 13.2 Å². The van der Waals surface area contributed by atoms with Gasteiger partial charge in [-0.2, -0.15) is 0 Å². The molecule has 1 fully saturated rings. The number of benzene rings is 1. The first-order valence-corrected chi connectivity index (χ1v) is 9.76. The van der Waals surface area contributed by atoms with Gasteiger partial charge in [-0.25, -0.2) is 8.42 Å². The van der Waals surface area contributed by atoms with E-state index in [2.05, 4.69) is 15.4 Å². The molecule has 9 heteroatoms. The van der Waals surface area contributed by atoms with E-state index in [0.717, 1.165) is 19.4 Å². The number of halogens is 1. The quantitative estimate of drug-likeness (QED) is 0.654. The molecule has 0 bridgehead atoms. The third-order valence-corrected chi connectivity index (χ3v) is 4.67. The smallest absolute Gasteiger partial charge is 0.241 e. The molecule has 0 saturated carbocycles. The molecule has 142 valence electrons. The van der Waals surface area contributed by atoms with Gasteiger partial charge in [0.05, 0.1) is 6.10 Å². The second kappa shape index (κ2) is 9.84. The third-order valence-electron chi connectivity index (χ3n) is 3.48. The van der Waals surface area contributed by atoms with Crippen LogP contribution in [0.2, 0.25) is 0 Å². The fourth-order valence-electron chi connectivity index (χ4n) is 2.51. The molecular weight excluding hydrogens is 366 g/mol. The van der Waals surface area contributed by atoms with Crippen LogP contribution >= 0.6 is 12.4 Å². The number of carbonyl (C=O) groups is 1. The Kier molecular flexibility index (Phi) is 8.47. The summed E-state index contributed by atoms with van der Waals surface area (Å²) in [6, 6.07) is 6.59. The number of hydrogen-bond acceptors (Lipinski definition) is 5. The summed E-state index contributed by atoms with van der Waals surface area (Å²) in [5, 5.41) is 5.92. The van der Waals surface area contributed by atoms with Crippen LogP contribution in [0, 0.1) is 0 Å². The lowest BCUT2D eigenvalue weighted by molar-refractivity contribution is -0.119. The molecule has 1 aliphatic heterocycles. The van der Waals surface area contributed by atoms with E-state index in [4.69, 9.17) is 4.74 Å².